The molecule has 0 aliphatic heterocycles. The number of rotatable bonds is 9. The highest BCUT2D eigenvalue weighted by molar-refractivity contribution is 5.38. The van der Waals surface area contributed by atoms with Crippen molar-refractivity contribution in [2.45, 2.75) is 110 Å². The van der Waals surface area contributed by atoms with Crippen molar-refractivity contribution in [3.05, 3.63) is 47.5 Å². The van der Waals surface area contributed by atoms with Gasteiger partial charge in [-0.05, 0) is 79.5 Å². The summed E-state index contributed by atoms with van der Waals surface area (Å²) < 4.78 is 0. The van der Waals surface area contributed by atoms with E-state index in [4.69, 9.17) is 0 Å². The van der Waals surface area contributed by atoms with Crippen LogP contribution in [0.15, 0.2) is 36.4 Å². The van der Waals surface area contributed by atoms with Gasteiger partial charge in [-0.3, -0.25) is 0 Å². The van der Waals surface area contributed by atoms with Crippen LogP contribution < -0.4 is 0 Å². The van der Waals surface area contributed by atoms with E-state index in [-0.39, 0.29) is 0 Å². The van der Waals surface area contributed by atoms with Crippen LogP contribution in [-0.4, -0.2) is 0 Å². The molecule has 0 nitrogen and oxygen atoms in total. The SMILES string of the molecule is CCCCC1CCC(CCC2CCC(C=CC#Cc3ccc(CCC)cc3)CC2)CC1. The molecule has 0 bridgehead atoms. The van der Waals surface area contributed by atoms with Crippen LogP contribution in [0.25, 0.3) is 0 Å². The fraction of sp³-hybridized carbons (Fsp3) is 0.677. The molecule has 0 saturated heterocycles. The Balaban J connectivity index is 1.29. The summed E-state index contributed by atoms with van der Waals surface area (Å²) in [4.78, 5) is 0. The van der Waals surface area contributed by atoms with Crippen molar-refractivity contribution in [2.75, 3.05) is 0 Å². The molecule has 2 aliphatic rings. The molecule has 1 aromatic rings. The summed E-state index contributed by atoms with van der Waals surface area (Å²) in [6.45, 7) is 4.56. The van der Waals surface area contributed by atoms with Crippen LogP contribution in [0.1, 0.15) is 115 Å². The van der Waals surface area contributed by atoms with Crippen LogP contribution in [0, 0.1) is 35.5 Å². The molecule has 0 heteroatoms. The third-order valence-electron chi connectivity index (χ3n) is 7.97. The largest absolute Gasteiger partial charge is 0.0730 e. The lowest BCUT2D eigenvalue weighted by atomic mass is 9.75. The molecule has 1 aromatic carbocycles. The Hall–Kier alpha value is -1.48. The van der Waals surface area contributed by atoms with Crippen LogP contribution in [-0.2, 0) is 6.42 Å². The first-order valence-corrected chi connectivity index (χ1v) is 13.5. The van der Waals surface area contributed by atoms with Gasteiger partial charge in [0.15, 0.2) is 0 Å². The van der Waals surface area contributed by atoms with E-state index in [1.54, 1.807) is 0 Å². The highest BCUT2D eigenvalue weighted by Gasteiger charge is 2.23. The van der Waals surface area contributed by atoms with Crippen molar-refractivity contribution >= 4 is 0 Å². The first-order chi connectivity index (χ1) is 15.3. The van der Waals surface area contributed by atoms with E-state index in [0.717, 1.165) is 35.7 Å². The molecule has 2 saturated carbocycles. The molecular formula is C31H46. The summed E-state index contributed by atoms with van der Waals surface area (Å²) >= 11 is 0. The minimum atomic E-state index is 0.756. The Morgan fingerprint density at radius 3 is 1.90 bits per heavy atom. The molecule has 170 valence electrons. The molecular weight excluding hydrogens is 372 g/mol. The van der Waals surface area contributed by atoms with E-state index in [0.29, 0.717) is 0 Å². The van der Waals surface area contributed by atoms with Gasteiger partial charge in [-0.2, -0.15) is 0 Å². The van der Waals surface area contributed by atoms with Gasteiger partial charge in [-0.25, -0.2) is 0 Å². The van der Waals surface area contributed by atoms with Gasteiger partial charge in [-0.1, -0.05) is 108 Å². The summed E-state index contributed by atoms with van der Waals surface area (Å²) in [7, 11) is 0. The molecule has 0 atom stereocenters. The van der Waals surface area contributed by atoms with Gasteiger partial charge in [0.25, 0.3) is 0 Å². The van der Waals surface area contributed by atoms with Crippen molar-refractivity contribution in [3.63, 3.8) is 0 Å². The highest BCUT2D eigenvalue weighted by atomic mass is 14.3. The Morgan fingerprint density at radius 1 is 0.742 bits per heavy atom. The molecule has 0 unspecified atom stereocenters. The van der Waals surface area contributed by atoms with Gasteiger partial charge < -0.3 is 0 Å². The minimum Gasteiger partial charge on any atom is -0.0730 e. The molecule has 3 rings (SSSR count). The van der Waals surface area contributed by atoms with Crippen molar-refractivity contribution in [1.29, 1.82) is 0 Å². The van der Waals surface area contributed by atoms with E-state index in [1.807, 2.05) is 0 Å². The second kappa shape index (κ2) is 13.8. The number of allylic oxidation sites excluding steroid dienone is 2. The van der Waals surface area contributed by atoms with E-state index < -0.39 is 0 Å². The van der Waals surface area contributed by atoms with Crippen LogP contribution in [0.4, 0.5) is 0 Å². The lowest BCUT2D eigenvalue weighted by molar-refractivity contribution is 0.220. The zero-order valence-corrected chi connectivity index (χ0v) is 20.4. The summed E-state index contributed by atoms with van der Waals surface area (Å²) in [5.41, 5.74) is 2.55. The van der Waals surface area contributed by atoms with Gasteiger partial charge in [0.1, 0.15) is 0 Å². The van der Waals surface area contributed by atoms with Crippen LogP contribution in [0.5, 0.6) is 0 Å². The lowest BCUT2D eigenvalue weighted by Gasteiger charge is -2.31. The summed E-state index contributed by atoms with van der Waals surface area (Å²) in [5.74, 6) is 10.4. The van der Waals surface area contributed by atoms with Gasteiger partial charge in [0.2, 0.25) is 0 Å². The molecule has 31 heavy (non-hydrogen) atoms. The molecule has 0 aromatic heterocycles. The lowest BCUT2D eigenvalue weighted by Crippen LogP contribution is -2.17. The summed E-state index contributed by atoms with van der Waals surface area (Å²) in [6.07, 6.45) is 25.9. The molecule has 2 fully saturated rings. The van der Waals surface area contributed by atoms with Gasteiger partial charge in [0.05, 0.1) is 0 Å². The third kappa shape index (κ3) is 8.88. The Bertz CT molecular complexity index is 682. The van der Waals surface area contributed by atoms with Crippen molar-refractivity contribution in [3.8, 4) is 11.8 Å². The fourth-order valence-corrected chi connectivity index (χ4v) is 5.80. The fourth-order valence-electron chi connectivity index (χ4n) is 5.80. The maximum Gasteiger partial charge on any atom is 0.0249 e. The van der Waals surface area contributed by atoms with Gasteiger partial charge in [0, 0.05) is 5.56 Å². The average molecular weight is 419 g/mol. The Kier molecular flexibility index (Phi) is 10.8. The average Bonchev–Trinajstić information content (AvgIpc) is 2.82. The summed E-state index contributed by atoms with van der Waals surface area (Å²) in [6, 6.07) is 8.76. The normalized spacial score (nSPS) is 26.5. The standard InChI is InChI=1S/C31H46/c1-3-5-9-27-16-20-30(21-17-27)24-25-31-22-18-29(19-23-31)11-7-6-10-28-14-12-26(8-4-2)13-15-28/h7,11-15,27,29-31H,3-5,8-9,16-25H2,1-2H3. The predicted molar refractivity (Wildman–Crippen MR) is 136 cm³/mol. The Morgan fingerprint density at radius 2 is 1.32 bits per heavy atom. The van der Waals surface area contributed by atoms with Crippen LogP contribution in [0.3, 0.4) is 0 Å². The number of benzene rings is 1. The smallest absolute Gasteiger partial charge is 0.0249 e. The van der Waals surface area contributed by atoms with Crippen molar-refractivity contribution in [2.24, 2.45) is 23.7 Å². The number of aryl methyl sites for hydroxylation is 1. The molecule has 0 N–H and O–H groups in total. The second-order valence-electron chi connectivity index (χ2n) is 10.5. The number of hydrogen-bond donors (Lipinski definition) is 0. The maximum absolute atomic E-state index is 3.30. The van der Waals surface area contributed by atoms with E-state index >= 15 is 0 Å². The topological polar surface area (TPSA) is 0 Å². The molecule has 0 radical (unpaired) electrons. The quantitative estimate of drug-likeness (QED) is 0.351. The molecule has 0 heterocycles. The molecule has 0 amide bonds. The maximum atomic E-state index is 3.30. The summed E-state index contributed by atoms with van der Waals surface area (Å²) in [5, 5.41) is 0. The van der Waals surface area contributed by atoms with E-state index in [2.05, 4.69) is 62.1 Å². The minimum absolute atomic E-state index is 0.756. The van der Waals surface area contributed by atoms with E-state index in [1.165, 1.54) is 95.5 Å². The van der Waals surface area contributed by atoms with Crippen molar-refractivity contribution < 1.29 is 0 Å². The second-order valence-corrected chi connectivity index (χ2v) is 10.5. The molecule has 0 spiro atoms. The predicted octanol–water partition coefficient (Wildman–Crippen LogP) is 9.13. The highest BCUT2D eigenvalue weighted by Crippen LogP contribution is 2.37. The monoisotopic (exact) mass is 418 g/mol. The Labute approximate surface area is 193 Å². The van der Waals surface area contributed by atoms with Gasteiger partial charge in [-0.15, -0.1) is 0 Å². The van der Waals surface area contributed by atoms with Crippen LogP contribution >= 0.6 is 0 Å². The zero-order chi connectivity index (χ0) is 21.7. The number of hydrogen-bond acceptors (Lipinski definition) is 0. The van der Waals surface area contributed by atoms with Gasteiger partial charge >= 0.3 is 0 Å². The zero-order valence-electron chi connectivity index (χ0n) is 20.4. The first-order valence-electron chi connectivity index (χ1n) is 13.5. The third-order valence-corrected chi connectivity index (χ3v) is 7.97. The first kappa shape index (κ1) is 24.2. The molecule has 2 aliphatic carbocycles. The van der Waals surface area contributed by atoms with E-state index in [9.17, 15) is 0 Å². The van der Waals surface area contributed by atoms with Crippen molar-refractivity contribution in [1.82, 2.24) is 0 Å². The van der Waals surface area contributed by atoms with Crippen LogP contribution in [0.2, 0.25) is 0 Å². The number of unbranched alkanes of at least 4 members (excludes halogenated alkanes) is 1.